The Labute approximate surface area is 200 Å². The predicted octanol–water partition coefficient (Wildman–Crippen LogP) is 5.44. The molecule has 0 radical (unpaired) electrons. The molecule has 0 aliphatic carbocycles. The monoisotopic (exact) mass is 452 g/mol. The van der Waals surface area contributed by atoms with Crippen molar-refractivity contribution in [3.8, 4) is 11.5 Å². The Morgan fingerprint density at radius 2 is 0.765 bits per heavy atom. The molecule has 0 fully saturated rings. The lowest BCUT2D eigenvalue weighted by atomic mass is 9.86. The molecule has 0 bridgehead atoms. The highest BCUT2D eigenvalue weighted by molar-refractivity contribution is 6.04. The molecule has 0 spiro atoms. The summed E-state index contributed by atoms with van der Waals surface area (Å²) in [7, 11) is 0. The molecule has 4 aromatic carbocycles. The minimum absolute atomic E-state index is 0.0207. The molecule has 2 N–H and O–H groups in total. The summed E-state index contributed by atoms with van der Waals surface area (Å²) in [6.07, 6.45) is 0. The predicted molar refractivity (Wildman–Crippen MR) is 136 cm³/mol. The molecule has 0 saturated heterocycles. The second-order valence-corrected chi connectivity index (χ2v) is 7.67. The van der Waals surface area contributed by atoms with Crippen molar-refractivity contribution in [2.24, 2.45) is 0 Å². The van der Waals surface area contributed by atoms with Gasteiger partial charge in [0.25, 0.3) is 0 Å². The van der Waals surface area contributed by atoms with Crippen LogP contribution in [0.4, 0.5) is 0 Å². The fraction of sp³-hybridized carbons (Fsp3) is 0.133. The van der Waals surface area contributed by atoms with E-state index in [1.54, 1.807) is 0 Å². The highest BCUT2D eigenvalue weighted by Gasteiger charge is 2.16. The quantitative estimate of drug-likeness (QED) is 0.315. The summed E-state index contributed by atoms with van der Waals surface area (Å²) in [5, 5.41) is 18.1. The summed E-state index contributed by atoms with van der Waals surface area (Å²) in [5.74, 6) is 1.44. The number of hydrogen-bond acceptors (Lipinski definition) is 4. The van der Waals surface area contributed by atoms with Crippen LogP contribution in [-0.2, 0) is 0 Å². The standard InChI is InChI=1S/C30H28O4/c31-19-21-33-27-15-11-25(12-16-27)29(23-7-3-1-4-8-23)30(24-9-5-2-6-10-24)26-13-17-28(18-14-26)34-22-20-32/h1-18,31-32H,19-22H2/b30-29-. The van der Waals surface area contributed by atoms with Crippen LogP contribution in [0.15, 0.2) is 109 Å². The van der Waals surface area contributed by atoms with Crippen LogP contribution in [0.1, 0.15) is 22.3 Å². The summed E-state index contributed by atoms with van der Waals surface area (Å²) < 4.78 is 11.1. The maximum absolute atomic E-state index is 9.06. The molecule has 4 rings (SSSR count). The largest absolute Gasteiger partial charge is 0.491 e. The van der Waals surface area contributed by atoms with Crippen molar-refractivity contribution in [2.45, 2.75) is 0 Å². The van der Waals surface area contributed by atoms with E-state index in [2.05, 4.69) is 48.5 Å². The fourth-order valence-corrected chi connectivity index (χ4v) is 3.88. The van der Waals surface area contributed by atoms with E-state index in [1.165, 1.54) is 0 Å². The van der Waals surface area contributed by atoms with Crippen molar-refractivity contribution in [1.82, 2.24) is 0 Å². The van der Waals surface area contributed by atoms with Crippen LogP contribution in [0.2, 0.25) is 0 Å². The van der Waals surface area contributed by atoms with Gasteiger partial charge in [0.15, 0.2) is 0 Å². The van der Waals surface area contributed by atoms with Crippen LogP contribution in [0.3, 0.4) is 0 Å². The average Bonchev–Trinajstić information content (AvgIpc) is 2.91. The molecule has 4 nitrogen and oxygen atoms in total. The van der Waals surface area contributed by atoms with Gasteiger partial charge in [-0.2, -0.15) is 0 Å². The molecular formula is C30H28O4. The van der Waals surface area contributed by atoms with Gasteiger partial charge in [0.05, 0.1) is 13.2 Å². The number of aliphatic hydroxyl groups is 2. The Kier molecular flexibility index (Phi) is 8.12. The lowest BCUT2D eigenvalue weighted by molar-refractivity contribution is 0.201. The van der Waals surface area contributed by atoms with Crippen molar-refractivity contribution >= 4 is 11.1 Å². The lowest BCUT2D eigenvalue weighted by Gasteiger charge is -2.19. The highest BCUT2D eigenvalue weighted by atomic mass is 16.5. The van der Waals surface area contributed by atoms with Crippen molar-refractivity contribution in [3.05, 3.63) is 131 Å². The third-order valence-corrected chi connectivity index (χ3v) is 5.38. The van der Waals surface area contributed by atoms with Gasteiger partial charge < -0.3 is 19.7 Å². The van der Waals surface area contributed by atoms with Crippen LogP contribution in [-0.4, -0.2) is 36.6 Å². The van der Waals surface area contributed by atoms with Crippen molar-refractivity contribution in [2.75, 3.05) is 26.4 Å². The molecule has 0 aromatic heterocycles. The summed E-state index contributed by atoms with van der Waals surface area (Å²) in [4.78, 5) is 0. The molecule has 0 saturated carbocycles. The number of ether oxygens (including phenoxy) is 2. The van der Waals surface area contributed by atoms with Gasteiger partial charge in [-0.3, -0.25) is 0 Å². The van der Waals surface area contributed by atoms with Gasteiger partial charge in [-0.25, -0.2) is 0 Å². The topological polar surface area (TPSA) is 58.9 Å². The zero-order valence-electron chi connectivity index (χ0n) is 18.9. The van der Waals surface area contributed by atoms with Gasteiger partial charge in [-0.05, 0) is 57.7 Å². The van der Waals surface area contributed by atoms with Gasteiger partial charge >= 0.3 is 0 Å². The molecule has 4 heteroatoms. The van der Waals surface area contributed by atoms with Gasteiger partial charge in [0.1, 0.15) is 24.7 Å². The number of rotatable bonds is 10. The van der Waals surface area contributed by atoms with Crippen LogP contribution < -0.4 is 9.47 Å². The third kappa shape index (κ3) is 5.73. The van der Waals surface area contributed by atoms with E-state index >= 15 is 0 Å². The molecule has 0 unspecified atom stereocenters. The molecule has 0 aliphatic rings. The van der Waals surface area contributed by atoms with Crippen LogP contribution in [0, 0.1) is 0 Å². The van der Waals surface area contributed by atoms with Gasteiger partial charge in [0.2, 0.25) is 0 Å². The lowest BCUT2D eigenvalue weighted by Crippen LogP contribution is -2.02. The Morgan fingerprint density at radius 1 is 0.441 bits per heavy atom. The van der Waals surface area contributed by atoms with Gasteiger partial charge in [-0.1, -0.05) is 84.9 Å². The summed E-state index contributed by atoms with van der Waals surface area (Å²) in [5.41, 5.74) is 6.52. The maximum Gasteiger partial charge on any atom is 0.119 e. The average molecular weight is 453 g/mol. The van der Waals surface area contributed by atoms with E-state index in [0.29, 0.717) is 0 Å². The highest BCUT2D eigenvalue weighted by Crippen LogP contribution is 2.37. The Bertz CT molecular complexity index is 1090. The van der Waals surface area contributed by atoms with E-state index in [4.69, 9.17) is 19.7 Å². The van der Waals surface area contributed by atoms with Gasteiger partial charge in [-0.15, -0.1) is 0 Å². The molecule has 172 valence electrons. The smallest absolute Gasteiger partial charge is 0.119 e. The fourth-order valence-electron chi connectivity index (χ4n) is 3.88. The van der Waals surface area contributed by atoms with Crippen LogP contribution >= 0.6 is 0 Å². The minimum atomic E-state index is -0.0207. The summed E-state index contributed by atoms with van der Waals surface area (Å²) in [6.45, 7) is 0.488. The SMILES string of the molecule is OCCOc1ccc(/C(=C(/c2ccccc2)c2ccc(OCCO)cc2)c2ccccc2)cc1. The molecule has 4 aromatic rings. The zero-order chi connectivity index (χ0) is 23.6. The number of benzene rings is 4. The van der Waals surface area contributed by atoms with Crippen molar-refractivity contribution < 1.29 is 19.7 Å². The molecular weight excluding hydrogens is 424 g/mol. The summed E-state index contributed by atoms with van der Waals surface area (Å²) >= 11 is 0. The Morgan fingerprint density at radius 3 is 1.09 bits per heavy atom. The van der Waals surface area contributed by atoms with E-state index in [1.807, 2.05) is 60.7 Å². The third-order valence-electron chi connectivity index (χ3n) is 5.38. The van der Waals surface area contributed by atoms with E-state index in [-0.39, 0.29) is 26.4 Å². The van der Waals surface area contributed by atoms with Crippen molar-refractivity contribution in [1.29, 1.82) is 0 Å². The second kappa shape index (κ2) is 11.8. The van der Waals surface area contributed by atoms with E-state index in [9.17, 15) is 0 Å². The second-order valence-electron chi connectivity index (χ2n) is 7.67. The minimum Gasteiger partial charge on any atom is -0.491 e. The Balaban J connectivity index is 1.90. The first kappa shape index (κ1) is 23.3. The van der Waals surface area contributed by atoms with Crippen molar-refractivity contribution in [3.63, 3.8) is 0 Å². The number of hydrogen-bond donors (Lipinski definition) is 2. The first-order valence-electron chi connectivity index (χ1n) is 11.3. The Hall–Kier alpha value is -3.86. The normalized spacial score (nSPS) is 11.6. The maximum atomic E-state index is 9.06. The zero-order valence-corrected chi connectivity index (χ0v) is 18.9. The van der Waals surface area contributed by atoms with Crippen LogP contribution in [0.25, 0.3) is 11.1 Å². The molecule has 0 atom stereocenters. The van der Waals surface area contributed by atoms with Gasteiger partial charge in [0, 0.05) is 0 Å². The molecule has 0 heterocycles. The first-order valence-corrected chi connectivity index (χ1v) is 11.3. The summed E-state index contributed by atoms with van der Waals surface area (Å²) in [6, 6.07) is 36.6. The van der Waals surface area contributed by atoms with E-state index in [0.717, 1.165) is 44.9 Å². The molecule has 34 heavy (non-hydrogen) atoms. The first-order chi connectivity index (χ1) is 16.8. The van der Waals surface area contributed by atoms with E-state index < -0.39 is 0 Å². The van der Waals surface area contributed by atoms with Crippen LogP contribution in [0.5, 0.6) is 11.5 Å². The molecule has 0 amide bonds. The number of aliphatic hydroxyl groups excluding tert-OH is 2. The molecule has 0 aliphatic heterocycles.